The Morgan fingerprint density at radius 2 is 1.75 bits per heavy atom. The van der Waals surface area contributed by atoms with E-state index >= 15 is 0 Å². The van der Waals surface area contributed by atoms with Gasteiger partial charge in [-0.25, -0.2) is 0 Å². The molecule has 16 heavy (non-hydrogen) atoms. The Balaban J connectivity index is 2.55. The second-order valence-electron chi connectivity index (χ2n) is 3.81. The molecule has 0 bridgehead atoms. The molecule has 0 amide bonds. The number of fused-ring (bicyclic) bond motifs is 1. The van der Waals surface area contributed by atoms with Crippen LogP contribution in [0.2, 0.25) is 15.1 Å². The summed E-state index contributed by atoms with van der Waals surface area (Å²) < 4.78 is 2.13. The molecule has 0 unspecified atom stereocenters. The third-order valence-electron chi connectivity index (χ3n) is 2.63. The fourth-order valence-corrected chi connectivity index (χ4v) is 2.35. The number of hydrogen-bond acceptors (Lipinski definition) is 0. The van der Waals surface area contributed by atoms with E-state index in [0.29, 0.717) is 10.0 Å². The van der Waals surface area contributed by atoms with Crippen LogP contribution in [0.25, 0.3) is 10.9 Å². The Hall–Kier alpha value is -0.370. The molecule has 0 aliphatic heterocycles. The molecule has 1 heterocycles. The quantitative estimate of drug-likeness (QED) is 0.707. The summed E-state index contributed by atoms with van der Waals surface area (Å²) in [6, 6.07) is 3.70. The topological polar surface area (TPSA) is 4.93 Å². The summed E-state index contributed by atoms with van der Waals surface area (Å²) in [6.07, 6.45) is 4.22. The highest BCUT2D eigenvalue weighted by molar-refractivity contribution is 6.43. The Labute approximate surface area is 110 Å². The maximum absolute atomic E-state index is 6.16. The molecule has 0 radical (unpaired) electrons. The predicted molar refractivity (Wildman–Crippen MR) is 71.9 cm³/mol. The van der Waals surface area contributed by atoms with E-state index in [2.05, 4.69) is 11.5 Å². The molecular formula is C12H12Cl3N. The van der Waals surface area contributed by atoms with Crippen molar-refractivity contribution in [2.24, 2.45) is 0 Å². The Morgan fingerprint density at radius 1 is 1.06 bits per heavy atom. The van der Waals surface area contributed by atoms with E-state index in [4.69, 9.17) is 34.8 Å². The summed E-state index contributed by atoms with van der Waals surface area (Å²) in [4.78, 5) is 0. The van der Waals surface area contributed by atoms with Crippen LogP contribution in [0.3, 0.4) is 0 Å². The van der Waals surface area contributed by atoms with Gasteiger partial charge < -0.3 is 4.57 Å². The van der Waals surface area contributed by atoms with Crippen LogP contribution in [0.1, 0.15) is 19.8 Å². The van der Waals surface area contributed by atoms with Crippen LogP contribution in [-0.2, 0) is 6.54 Å². The van der Waals surface area contributed by atoms with Gasteiger partial charge in [0, 0.05) is 18.1 Å². The normalized spacial score (nSPS) is 11.2. The molecule has 0 aliphatic rings. The van der Waals surface area contributed by atoms with Crippen LogP contribution < -0.4 is 0 Å². The van der Waals surface area contributed by atoms with E-state index < -0.39 is 0 Å². The Bertz CT molecular complexity index is 516. The number of nitrogens with zero attached hydrogens (tertiary/aromatic N) is 1. The van der Waals surface area contributed by atoms with Gasteiger partial charge in [0.05, 0.1) is 20.6 Å². The molecule has 86 valence electrons. The number of benzene rings is 1. The van der Waals surface area contributed by atoms with Crippen molar-refractivity contribution in [1.82, 2.24) is 4.57 Å². The number of hydrogen-bond donors (Lipinski definition) is 0. The molecule has 0 aliphatic carbocycles. The zero-order valence-electron chi connectivity index (χ0n) is 8.93. The van der Waals surface area contributed by atoms with Gasteiger partial charge in [-0.05, 0) is 18.6 Å². The first-order valence-corrected chi connectivity index (χ1v) is 6.40. The van der Waals surface area contributed by atoms with Crippen molar-refractivity contribution >= 4 is 45.7 Å². The van der Waals surface area contributed by atoms with Gasteiger partial charge in [-0.1, -0.05) is 48.1 Å². The summed E-state index contributed by atoms with van der Waals surface area (Å²) in [6.45, 7) is 3.12. The van der Waals surface area contributed by atoms with Crippen molar-refractivity contribution in [1.29, 1.82) is 0 Å². The van der Waals surface area contributed by atoms with Gasteiger partial charge >= 0.3 is 0 Å². The maximum atomic E-state index is 6.16. The van der Waals surface area contributed by atoms with E-state index in [-0.39, 0.29) is 0 Å². The van der Waals surface area contributed by atoms with E-state index in [1.165, 1.54) is 0 Å². The fraction of sp³-hybridized carbons (Fsp3) is 0.333. The van der Waals surface area contributed by atoms with Crippen LogP contribution in [0.5, 0.6) is 0 Å². The van der Waals surface area contributed by atoms with Gasteiger partial charge in [0.1, 0.15) is 0 Å². The van der Waals surface area contributed by atoms with Crippen molar-refractivity contribution in [3.05, 3.63) is 33.4 Å². The van der Waals surface area contributed by atoms with E-state index in [0.717, 1.165) is 35.3 Å². The lowest BCUT2D eigenvalue weighted by molar-refractivity contribution is 0.650. The van der Waals surface area contributed by atoms with Crippen molar-refractivity contribution in [2.75, 3.05) is 0 Å². The summed E-state index contributed by atoms with van der Waals surface area (Å²) >= 11 is 18.1. The molecule has 0 atom stereocenters. The van der Waals surface area contributed by atoms with Crippen LogP contribution in [0, 0.1) is 0 Å². The monoisotopic (exact) mass is 275 g/mol. The lowest BCUT2D eigenvalue weighted by Gasteiger charge is -2.04. The zero-order valence-corrected chi connectivity index (χ0v) is 11.2. The number of rotatable bonds is 3. The zero-order chi connectivity index (χ0) is 11.7. The van der Waals surface area contributed by atoms with Crippen LogP contribution in [-0.4, -0.2) is 4.57 Å². The van der Waals surface area contributed by atoms with E-state index in [1.807, 2.05) is 18.3 Å². The first kappa shape index (κ1) is 12.1. The molecule has 0 N–H and O–H groups in total. The molecule has 4 heteroatoms. The highest BCUT2D eigenvalue weighted by atomic mass is 35.5. The van der Waals surface area contributed by atoms with Crippen molar-refractivity contribution in [3.63, 3.8) is 0 Å². The first-order valence-electron chi connectivity index (χ1n) is 5.27. The average molecular weight is 277 g/mol. The minimum Gasteiger partial charge on any atom is -0.346 e. The minimum absolute atomic E-state index is 0.546. The second kappa shape index (κ2) is 4.87. The van der Waals surface area contributed by atoms with E-state index in [1.54, 1.807) is 0 Å². The molecule has 2 aromatic rings. The number of aromatic nitrogens is 1. The van der Waals surface area contributed by atoms with Gasteiger partial charge in [-0.3, -0.25) is 0 Å². The summed E-state index contributed by atoms with van der Waals surface area (Å²) in [5.41, 5.74) is 1.05. The van der Waals surface area contributed by atoms with Crippen molar-refractivity contribution in [3.8, 4) is 0 Å². The third kappa shape index (κ3) is 2.17. The third-order valence-corrected chi connectivity index (χ3v) is 3.65. The van der Waals surface area contributed by atoms with Crippen LogP contribution in [0.4, 0.5) is 0 Å². The maximum Gasteiger partial charge on any atom is 0.0662 e. The Morgan fingerprint density at radius 3 is 2.44 bits per heavy atom. The summed E-state index contributed by atoms with van der Waals surface area (Å²) in [5, 5.41) is 2.81. The largest absolute Gasteiger partial charge is 0.346 e. The first-order chi connectivity index (χ1) is 7.63. The van der Waals surface area contributed by atoms with Gasteiger partial charge in [-0.15, -0.1) is 0 Å². The van der Waals surface area contributed by atoms with Crippen LogP contribution >= 0.6 is 34.8 Å². The van der Waals surface area contributed by atoms with Crippen molar-refractivity contribution in [2.45, 2.75) is 26.3 Å². The fourth-order valence-electron chi connectivity index (χ4n) is 1.75. The predicted octanol–water partition coefficient (Wildman–Crippen LogP) is 5.40. The summed E-state index contributed by atoms with van der Waals surface area (Å²) in [5.74, 6) is 0. The van der Waals surface area contributed by atoms with Crippen LogP contribution in [0.15, 0.2) is 18.3 Å². The highest BCUT2D eigenvalue weighted by Gasteiger charge is 2.09. The minimum atomic E-state index is 0.546. The number of aryl methyl sites for hydroxylation is 1. The second-order valence-corrected chi connectivity index (χ2v) is 5.03. The number of unbranched alkanes of at least 4 members (excludes halogenated alkanes) is 1. The standard InChI is InChI=1S/C12H12Cl3N/c1-2-3-4-16-7-11(15)8-5-9(13)10(14)6-12(8)16/h5-7H,2-4H2,1H3. The van der Waals surface area contributed by atoms with Gasteiger partial charge in [0.25, 0.3) is 0 Å². The van der Waals surface area contributed by atoms with E-state index in [9.17, 15) is 0 Å². The SMILES string of the molecule is CCCCn1cc(Cl)c2cc(Cl)c(Cl)cc21. The lowest BCUT2D eigenvalue weighted by Crippen LogP contribution is -1.94. The molecule has 0 saturated carbocycles. The van der Waals surface area contributed by atoms with Crippen molar-refractivity contribution < 1.29 is 0 Å². The summed E-state index contributed by atoms with van der Waals surface area (Å²) in [7, 11) is 0. The smallest absolute Gasteiger partial charge is 0.0662 e. The molecule has 1 aromatic carbocycles. The molecule has 0 saturated heterocycles. The Kier molecular flexibility index (Phi) is 3.68. The van der Waals surface area contributed by atoms with Gasteiger partial charge in [0.15, 0.2) is 0 Å². The molecule has 2 rings (SSSR count). The average Bonchev–Trinajstić information content (AvgIpc) is 2.54. The highest BCUT2D eigenvalue weighted by Crippen LogP contribution is 2.33. The van der Waals surface area contributed by atoms with Gasteiger partial charge in [0.2, 0.25) is 0 Å². The molecular weight excluding hydrogens is 264 g/mol. The number of halogens is 3. The van der Waals surface area contributed by atoms with Gasteiger partial charge in [-0.2, -0.15) is 0 Å². The molecule has 1 aromatic heterocycles. The molecule has 0 spiro atoms. The molecule has 0 fully saturated rings. The lowest BCUT2D eigenvalue weighted by atomic mass is 10.2. The molecule has 1 nitrogen and oxygen atoms in total.